The largest absolute Gasteiger partial charge is 0.493 e. The molecule has 4 aromatic rings. The number of nitrogens with zero attached hydrogens (tertiary/aromatic N) is 1. The maximum absolute atomic E-state index is 12.3. The van der Waals surface area contributed by atoms with E-state index < -0.39 is 0 Å². The first-order chi connectivity index (χ1) is 16.0. The summed E-state index contributed by atoms with van der Waals surface area (Å²) in [6.07, 6.45) is 0. The molecule has 33 heavy (non-hydrogen) atoms. The van der Waals surface area contributed by atoms with E-state index in [1.165, 1.54) is 7.11 Å². The molecule has 1 aromatic heterocycles. The number of halogens is 1. The molecule has 0 bridgehead atoms. The topological polar surface area (TPSA) is 88.3 Å². The van der Waals surface area contributed by atoms with Gasteiger partial charge in [0, 0.05) is 12.2 Å². The lowest BCUT2D eigenvalue weighted by Crippen LogP contribution is -2.20. The van der Waals surface area contributed by atoms with Gasteiger partial charge in [-0.25, -0.2) is 4.98 Å². The van der Waals surface area contributed by atoms with Crippen LogP contribution in [-0.4, -0.2) is 29.6 Å². The third-order valence-corrected chi connectivity index (χ3v) is 5.31. The Balaban J connectivity index is 1.34. The summed E-state index contributed by atoms with van der Waals surface area (Å²) in [5.41, 5.74) is 4.69. The van der Waals surface area contributed by atoms with Crippen LogP contribution in [0.25, 0.3) is 11.0 Å². The molecular formula is C25H25ClN4O3. The lowest BCUT2D eigenvalue weighted by molar-refractivity contribution is -0.118. The number of aromatic amines is 1. The fourth-order valence-corrected chi connectivity index (χ4v) is 3.69. The van der Waals surface area contributed by atoms with Crippen molar-refractivity contribution < 1.29 is 14.3 Å². The quantitative estimate of drug-likeness (QED) is 0.330. The molecule has 7 nitrogen and oxygen atoms in total. The minimum Gasteiger partial charge on any atom is -0.493 e. The second kappa shape index (κ2) is 10.4. The van der Waals surface area contributed by atoms with E-state index in [0.29, 0.717) is 35.3 Å². The van der Waals surface area contributed by atoms with Gasteiger partial charge in [-0.05, 0) is 48.9 Å². The summed E-state index contributed by atoms with van der Waals surface area (Å²) in [4.78, 5) is 20.1. The zero-order valence-electron chi connectivity index (χ0n) is 18.4. The Morgan fingerprint density at radius 2 is 1.88 bits per heavy atom. The van der Waals surface area contributed by atoms with E-state index in [2.05, 4.69) is 20.6 Å². The van der Waals surface area contributed by atoms with Gasteiger partial charge < -0.3 is 25.1 Å². The maximum atomic E-state index is 12.3. The maximum Gasteiger partial charge on any atom is 0.262 e. The summed E-state index contributed by atoms with van der Waals surface area (Å²) >= 11 is 6.44. The molecule has 0 radical (unpaired) electrons. The third-order valence-electron chi connectivity index (χ3n) is 5.03. The molecule has 0 fully saturated rings. The minimum atomic E-state index is -0.284. The van der Waals surface area contributed by atoms with Crippen LogP contribution in [0.1, 0.15) is 17.0 Å². The highest BCUT2D eigenvalue weighted by molar-refractivity contribution is 6.32. The average Bonchev–Trinajstić information content (AvgIpc) is 3.22. The summed E-state index contributed by atoms with van der Waals surface area (Å²) in [5.74, 6) is 1.37. The van der Waals surface area contributed by atoms with Gasteiger partial charge in [0.1, 0.15) is 5.82 Å². The Bertz CT molecular complexity index is 1220. The number of para-hydroxylation sites is 2. The zero-order valence-corrected chi connectivity index (χ0v) is 19.2. The number of fused-ring (bicyclic) bond motifs is 1. The highest BCUT2D eigenvalue weighted by Gasteiger charge is 2.14. The molecule has 0 saturated heterocycles. The van der Waals surface area contributed by atoms with Gasteiger partial charge in [-0.2, -0.15) is 0 Å². The van der Waals surface area contributed by atoms with E-state index in [4.69, 9.17) is 21.1 Å². The van der Waals surface area contributed by atoms with Crippen molar-refractivity contribution in [3.63, 3.8) is 0 Å². The normalized spacial score (nSPS) is 10.9. The van der Waals surface area contributed by atoms with Crippen LogP contribution in [0.2, 0.25) is 5.02 Å². The van der Waals surface area contributed by atoms with Gasteiger partial charge in [-0.15, -0.1) is 0 Å². The Hall–Kier alpha value is -3.55. The molecule has 0 aliphatic rings. The molecule has 1 amide bonds. The number of anilines is 1. The van der Waals surface area contributed by atoms with Crippen molar-refractivity contribution in [3.8, 4) is 11.5 Å². The molecule has 0 aliphatic heterocycles. The number of carbonyl (C=O) groups excluding carboxylic acids is 1. The van der Waals surface area contributed by atoms with Crippen LogP contribution < -0.4 is 20.1 Å². The van der Waals surface area contributed by atoms with E-state index >= 15 is 0 Å². The predicted octanol–water partition coefficient (Wildman–Crippen LogP) is 4.84. The van der Waals surface area contributed by atoms with Gasteiger partial charge in [0.2, 0.25) is 0 Å². The van der Waals surface area contributed by atoms with Crippen LogP contribution >= 0.6 is 11.6 Å². The lowest BCUT2D eigenvalue weighted by Gasteiger charge is -2.14. The van der Waals surface area contributed by atoms with Gasteiger partial charge in [-0.3, -0.25) is 4.79 Å². The van der Waals surface area contributed by atoms with Gasteiger partial charge >= 0.3 is 0 Å². The Kier molecular flexibility index (Phi) is 7.12. The first-order valence-corrected chi connectivity index (χ1v) is 10.9. The van der Waals surface area contributed by atoms with Crippen LogP contribution in [0.4, 0.5) is 5.69 Å². The van der Waals surface area contributed by atoms with Crippen molar-refractivity contribution >= 4 is 34.2 Å². The number of amides is 1. The van der Waals surface area contributed by atoms with Gasteiger partial charge in [0.05, 0.1) is 29.7 Å². The van der Waals surface area contributed by atoms with Crippen molar-refractivity contribution in [2.75, 3.05) is 19.0 Å². The Labute approximate surface area is 197 Å². The fourth-order valence-electron chi connectivity index (χ4n) is 3.40. The number of H-pyrrole nitrogens is 1. The summed E-state index contributed by atoms with van der Waals surface area (Å²) in [5, 5.41) is 6.51. The van der Waals surface area contributed by atoms with Crippen LogP contribution in [0.5, 0.6) is 11.5 Å². The number of aromatic nitrogens is 2. The second-order valence-electron chi connectivity index (χ2n) is 7.62. The van der Waals surface area contributed by atoms with Crippen molar-refractivity contribution in [1.29, 1.82) is 0 Å². The molecule has 0 aliphatic carbocycles. The van der Waals surface area contributed by atoms with Crippen molar-refractivity contribution in [2.45, 2.75) is 20.0 Å². The first-order valence-electron chi connectivity index (χ1n) is 10.5. The average molecular weight is 465 g/mol. The van der Waals surface area contributed by atoms with E-state index in [1.54, 1.807) is 6.07 Å². The zero-order chi connectivity index (χ0) is 23.2. The van der Waals surface area contributed by atoms with Crippen LogP contribution in [0.3, 0.4) is 0 Å². The molecule has 3 aromatic carbocycles. The van der Waals surface area contributed by atoms with Crippen molar-refractivity contribution in [3.05, 3.63) is 82.6 Å². The SMILES string of the molecule is COc1cc(CNCc2nc3ccccc3[nH]2)cc(Cl)c1OCC(=O)Nc1ccc(C)cc1. The molecule has 0 saturated carbocycles. The summed E-state index contributed by atoms with van der Waals surface area (Å²) < 4.78 is 11.1. The lowest BCUT2D eigenvalue weighted by atomic mass is 10.2. The number of rotatable bonds is 9. The number of carbonyl (C=O) groups is 1. The van der Waals surface area contributed by atoms with Crippen molar-refractivity contribution in [1.82, 2.24) is 15.3 Å². The van der Waals surface area contributed by atoms with Gasteiger partial charge in [0.25, 0.3) is 5.91 Å². The minimum absolute atomic E-state index is 0.187. The molecule has 4 rings (SSSR count). The summed E-state index contributed by atoms with van der Waals surface area (Å²) in [7, 11) is 1.54. The molecule has 0 unspecified atom stereocenters. The molecule has 8 heteroatoms. The molecule has 3 N–H and O–H groups in total. The van der Waals surface area contributed by atoms with E-state index in [0.717, 1.165) is 28.0 Å². The van der Waals surface area contributed by atoms with Crippen LogP contribution in [0, 0.1) is 6.92 Å². The fraction of sp³-hybridized carbons (Fsp3) is 0.200. The molecule has 0 atom stereocenters. The van der Waals surface area contributed by atoms with E-state index in [1.807, 2.05) is 61.5 Å². The van der Waals surface area contributed by atoms with Crippen molar-refractivity contribution in [2.24, 2.45) is 0 Å². The first kappa shape index (κ1) is 22.6. The number of aryl methyl sites for hydroxylation is 1. The number of hydrogen-bond acceptors (Lipinski definition) is 5. The number of ether oxygens (including phenoxy) is 2. The molecular weight excluding hydrogens is 440 g/mol. The second-order valence-corrected chi connectivity index (χ2v) is 8.02. The van der Waals surface area contributed by atoms with Crippen LogP contribution in [0.15, 0.2) is 60.7 Å². The molecule has 170 valence electrons. The van der Waals surface area contributed by atoms with Crippen LogP contribution in [-0.2, 0) is 17.9 Å². The van der Waals surface area contributed by atoms with Gasteiger partial charge in [0.15, 0.2) is 18.1 Å². The number of methoxy groups -OCH3 is 1. The summed E-state index contributed by atoms with van der Waals surface area (Å²) in [6, 6.07) is 19.1. The number of hydrogen-bond donors (Lipinski definition) is 3. The van der Waals surface area contributed by atoms with E-state index in [-0.39, 0.29) is 12.5 Å². The number of benzene rings is 3. The molecule has 0 spiro atoms. The van der Waals surface area contributed by atoms with Gasteiger partial charge in [-0.1, -0.05) is 41.4 Å². The monoisotopic (exact) mass is 464 g/mol. The smallest absolute Gasteiger partial charge is 0.262 e. The Morgan fingerprint density at radius 1 is 1.09 bits per heavy atom. The standard InChI is InChI=1S/C25H25ClN4O3/c1-16-7-9-18(10-8-16)28-24(31)15-33-25-19(26)11-17(12-22(25)32-2)13-27-14-23-29-20-5-3-4-6-21(20)30-23/h3-12,27H,13-15H2,1-2H3,(H,28,31)(H,29,30). The summed E-state index contributed by atoms with van der Waals surface area (Å²) in [6.45, 7) is 2.93. The van der Waals surface area contributed by atoms with E-state index in [9.17, 15) is 4.79 Å². The molecule has 1 heterocycles. The predicted molar refractivity (Wildman–Crippen MR) is 130 cm³/mol. The number of imidazole rings is 1. The third kappa shape index (κ3) is 5.83. The highest BCUT2D eigenvalue weighted by Crippen LogP contribution is 2.36. The highest BCUT2D eigenvalue weighted by atomic mass is 35.5. The number of nitrogens with one attached hydrogen (secondary N) is 3. The Morgan fingerprint density at radius 3 is 2.64 bits per heavy atom.